The molecule has 0 aromatic heterocycles. The van der Waals surface area contributed by atoms with Crippen molar-refractivity contribution in [3.05, 3.63) is 42.3 Å². The first kappa shape index (κ1) is 19.1. The van der Waals surface area contributed by atoms with E-state index in [9.17, 15) is 22.8 Å². The number of piperidine rings is 1. The summed E-state index contributed by atoms with van der Waals surface area (Å²) in [6.45, 7) is 3.77. The molecule has 0 saturated carbocycles. The Balaban J connectivity index is 1.60. The van der Waals surface area contributed by atoms with Crippen LogP contribution in [0.5, 0.6) is 0 Å². The van der Waals surface area contributed by atoms with Crippen molar-refractivity contribution in [3.8, 4) is 0 Å². The molecule has 2 bridgehead atoms. The summed E-state index contributed by atoms with van der Waals surface area (Å²) >= 11 is 0. The number of nitrogens with one attached hydrogen (secondary N) is 2. The molecule has 3 N–H and O–H groups in total. The summed E-state index contributed by atoms with van der Waals surface area (Å²) in [5.41, 5.74) is 5.57. The first-order valence-electron chi connectivity index (χ1n) is 7.95. The molecule has 2 atom stereocenters. The Morgan fingerprint density at radius 2 is 1.85 bits per heavy atom. The number of hydrogen-bond acceptors (Lipinski definition) is 6. The van der Waals surface area contributed by atoms with Crippen molar-refractivity contribution < 1.29 is 31.6 Å². The molecule has 2 heterocycles. The van der Waals surface area contributed by atoms with Crippen molar-refractivity contribution in [2.24, 2.45) is 0 Å². The molecule has 2 saturated heterocycles. The molecule has 3 rings (SSSR count). The van der Waals surface area contributed by atoms with Gasteiger partial charge in [-0.2, -0.15) is 13.5 Å². The molecule has 0 aliphatic carbocycles. The van der Waals surface area contributed by atoms with Crippen LogP contribution in [0.2, 0.25) is 0 Å². The molecule has 1 radical (unpaired) electrons. The molecule has 0 spiro atoms. The van der Waals surface area contributed by atoms with E-state index in [4.69, 9.17) is 4.55 Å². The largest absolute Gasteiger partial charge is 0.418 e. The molecule has 11 nitrogen and oxygen atoms in total. The summed E-state index contributed by atoms with van der Waals surface area (Å²) < 4.78 is 34.8. The van der Waals surface area contributed by atoms with Gasteiger partial charge in [0.05, 0.1) is 6.04 Å². The summed E-state index contributed by atoms with van der Waals surface area (Å²) in [5, 5.41) is 0.543. The summed E-state index contributed by atoms with van der Waals surface area (Å²) in [6.07, 6.45) is 0.522. The highest BCUT2D eigenvalue weighted by Gasteiger charge is 2.49. The van der Waals surface area contributed by atoms with Crippen LogP contribution < -0.4 is 10.9 Å². The van der Waals surface area contributed by atoms with E-state index in [1.54, 1.807) is 24.3 Å². The lowest BCUT2D eigenvalue weighted by Gasteiger charge is -2.29. The van der Waals surface area contributed by atoms with E-state index in [-0.39, 0.29) is 19.4 Å². The maximum Gasteiger partial charge on any atom is 0.418 e. The minimum Gasteiger partial charge on any atom is -0.309 e. The lowest BCUT2D eigenvalue weighted by Crippen LogP contribution is -2.54. The lowest BCUT2D eigenvalue weighted by atomic mass is 10.0. The Morgan fingerprint density at radius 3 is 2.48 bits per heavy atom. The predicted octanol–water partition coefficient (Wildman–Crippen LogP) is -0.367. The fourth-order valence-corrected chi connectivity index (χ4v) is 3.42. The lowest BCUT2D eigenvalue weighted by molar-refractivity contribution is -0.126. The minimum atomic E-state index is -4.86. The van der Waals surface area contributed by atoms with Gasteiger partial charge in [0.15, 0.2) is 0 Å². The van der Waals surface area contributed by atoms with E-state index in [0.717, 1.165) is 10.5 Å². The van der Waals surface area contributed by atoms with Crippen molar-refractivity contribution in [2.75, 3.05) is 6.54 Å². The zero-order chi connectivity index (χ0) is 19.8. The molecule has 1 aromatic rings. The first-order chi connectivity index (χ1) is 12.7. The normalized spacial score (nSPS) is 21.9. The van der Waals surface area contributed by atoms with Crippen LogP contribution in [0.25, 0.3) is 0 Å². The Kier molecular flexibility index (Phi) is 5.04. The fraction of sp³-hybridized carbons (Fsp3) is 0.333. The number of carbonyl (C=O) groups is 3. The highest BCUT2D eigenvalue weighted by molar-refractivity contribution is 7.80. The van der Waals surface area contributed by atoms with E-state index in [2.05, 4.69) is 22.1 Å². The van der Waals surface area contributed by atoms with E-state index >= 15 is 0 Å². The number of urea groups is 1. The van der Waals surface area contributed by atoms with Crippen LogP contribution in [0.15, 0.2) is 24.3 Å². The highest BCUT2D eigenvalue weighted by atomic mass is 32.3. The van der Waals surface area contributed by atoms with Crippen LogP contribution in [0.1, 0.15) is 28.8 Å². The Hall–Kier alpha value is -2.70. The third-order valence-electron chi connectivity index (χ3n) is 4.32. The number of carbonyl (C=O) groups excluding carboxylic acids is 3. The van der Waals surface area contributed by atoms with Gasteiger partial charge in [0.2, 0.25) is 0 Å². The average molecular weight is 397 g/mol. The third kappa shape index (κ3) is 4.18. The van der Waals surface area contributed by atoms with Crippen LogP contribution in [0.3, 0.4) is 0 Å². The molecule has 4 amide bonds. The zero-order valence-corrected chi connectivity index (χ0v) is 14.8. The molecule has 27 heavy (non-hydrogen) atoms. The molecule has 2 aliphatic heterocycles. The van der Waals surface area contributed by atoms with Gasteiger partial charge in [0, 0.05) is 12.1 Å². The quantitative estimate of drug-likeness (QED) is 0.464. The number of benzene rings is 1. The monoisotopic (exact) mass is 397 g/mol. The highest BCUT2D eigenvalue weighted by Crippen LogP contribution is 2.30. The number of rotatable bonds is 4. The van der Waals surface area contributed by atoms with Gasteiger partial charge in [-0.1, -0.05) is 12.1 Å². The predicted molar refractivity (Wildman–Crippen MR) is 89.9 cm³/mol. The molecule has 12 heteroatoms. The number of nitrogens with zero attached hydrogens (tertiary/aromatic N) is 2. The van der Waals surface area contributed by atoms with Gasteiger partial charge in [-0.05, 0) is 37.5 Å². The molecular weight excluding hydrogens is 380 g/mol. The van der Waals surface area contributed by atoms with Crippen molar-refractivity contribution in [1.29, 1.82) is 0 Å². The van der Waals surface area contributed by atoms with Crippen LogP contribution in [0, 0.1) is 6.92 Å². The fourth-order valence-electron chi connectivity index (χ4n) is 3.03. The van der Waals surface area contributed by atoms with Crippen LogP contribution in [0.4, 0.5) is 4.79 Å². The van der Waals surface area contributed by atoms with Gasteiger partial charge in [-0.3, -0.25) is 25.0 Å². The molecule has 2 unspecified atom stereocenters. The SMILES string of the molecule is [CH2]c1ccc(C(=O)NNC(=O)C2CCC3CN2C(=O)N3OS(=O)(=O)O)cc1. The summed E-state index contributed by atoms with van der Waals surface area (Å²) in [4.78, 5) is 37.8. The van der Waals surface area contributed by atoms with Crippen LogP contribution in [-0.4, -0.2) is 59.4 Å². The molecule has 2 fully saturated rings. The van der Waals surface area contributed by atoms with E-state index in [1.165, 1.54) is 0 Å². The van der Waals surface area contributed by atoms with Gasteiger partial charge < -0.3 is 4.90 Å². The first-order valence-corrected chi connectivity index (χ1v) is 9.31. The zero-order valence-electron chi connectivity index (χ0n) is 14.0. The Bertz CT molecular complexity index is 871. The van der Waals surface area contributed by atoms with Gasteiger partial charge >= 0.3 is 16.4 Å². The van der Waals surface area contributed by atoms with Crippen LogP contribution in [-0.2, 0) is 19.5 Å². The number of hydrogen-bond donors (Lipinski definition) is 3. The van der Waals surface area contributed by atoms with Crippen molar-refractivity contribution >= 4 is 28.2 Å². The average Bonchev–Trinajstić information content (AvgIpc) is 2.83. The maximum atomic E-state index is 12.4. The van der Waals surface area contributed by atoms with E-state index in [1.807, 2.05) is 0 Å². The maximum absolute atomic E-state index is 12.4. The second-order valence-corrected chi connectivity index (χ2v) is 7.15. The number of hydroxylamine groups is 2. The second kappa shape index (κ2) is 7.13. The smallest absolute Gasteiger partial charge is 0.309 e. The molecule has 2 aliphatic rings. The van der Waals surface area contributed by atoms with Gasteiger partial charge in [-0.15, -0.1) is 4.28 Å². The molecule has 1 aromatic carbocycles. The number of amides is 4. The third-order valence-corrected chi connectivity index (χ3v) is 4.66. The Labute approximate surface area is 155 Å². The standard InChI is InChI=1S/C15H17N4O7S/c1-9-2-4-10(5-3-9)13(20)16-17-14(21)12-7-6-11-8-18(12)15(22)19(11)26-27(23,24)25/h2-5,11-12H,1,6-8H2,(H,16,20)(H,17,21)(H,23,24,25). The number of fused-ring (bicyclic) bond motifs is 2. The summed E-state index contributed by atoms with van der Waals surface area (Å²) in [7, 11) is -4.86. The van der Waals surface area contributed by atoms with Crippen molar-refractivity contribution in [1.82, 2.24) is 20.8 Å². The molecular formula is C15H17N4O7S. The minimum absolute atomic E-state index is 0.0609. The van der Waals surface area contributed by atoms with E-state index < -0.39 is 40.3 Å². The van der Waals surface area contributed by atoms with Gasteiger partial charge in [0.1, 0.15) is 6.04 Å². The number of hydrazine groups is 1. The van der Waals surface area contributed by atoms with E-state index in [0.29, 0.717) is 10.6 Å². The van der Waals surface area contributed by atoms with Crippen LogP contribution >= 0.6 is 0 Å². The summed E-state index contributed by atoms with van der Waals surface area (Å²) in [5.74, 6) is -1.17. The van der Waals surface area contributed by atoms with Crippen molar-refractivity contribution in [3.63, 3.8) is 0 Å². The van der Waals surface area contributed by atoms with Gasteiger partial charge in [0.25, 0.3) is 11.8 Å². The molecule has 145 valence electrons. The topological polar surface area (TPSA) is 145 Å². The summed E-state index contributed by atoms with van der Waals surface area (Å²) in [6, 6.07) is 4.01. The van der Waals surface area contributed by atoms with Crippen molar-refractivity contribution in [2.45, 2.75) is 24.9 Å². The van der Waals surface area contributed by atoms with Gasteiger partial charge in [-0.25, -0.2) is 4.79 Å². The Morgan fingerprint density at radius 1 is 1.19 bits per heavy atom. The second-order valence-electron chi connectivity index (χ2n) is 6.15.